The molecule has 198 valence electrons. The standard InChI is InChI=1S/C42H24O/c1-2-11-26-24-39-37(22-25(26)10-1)36-23-27(20-21-38(36)43-39)40-33-16-7-8-17-34(33)41-31-15-6-5-14-29(31)28-12-3-4-13-30(28)32-18-9-19-35(40)42(32)41/h1-24H. The van der Waals surface area contributed by atoms with Crippen molar-refractivity contribution in [2.24, 2.45) is 0 Å². The highest BCUT2D eigenvalue weighted by molar-refractivity contribution is 6.27. The van der Waals surface area contributed by atoms with Gasteiger partial charge < -0.3 is 4.42 Å². The summed E-state index contributed by atoms with van der Waals surface area (Å²) < 4.78 is 6.39. The van der Waals surface area contributed by atoms with Crippen LogP contribution in [0, 0.1) is 0 Å². The van der Waals surface area contributed by atoms with Crippen LogP contribution in [0.5, 0.6) is 0 Å². The lowest BCUT2D eigenvalue weighted by Crippen LogP contribution is -1.92. The van der Waals surface area contributed by atoms with Crippen LogP contribution in [0.1, 0.15) is 0 Å². The normalized spacial score (nSPS) is 12.2. The van der Waals surface area contributed by atoms with E-state index in [1.54, 1.807) is 0 Å². The van der Waals surface area contributed by atoms with Gasteiger partial charge in [0.2, 0.25) is 0 Å². The van der Waals surface area contributed by atoms with E-state index in [1.807, 2.05) is 0 Å². The first-order chi connectivity index (χ1) is 21.3. The molecular weight excluding hydrogens is 520 g/mol. The van der Waals surface area contributed by atoms with Crippen LogP contribution in [0.4, 0.5) is 0 Å². The molecule has 0 spiro atoms. The van der Waals surface area contributed by atoms with Gasteiger partial charge >= 0.3 is 0 Å². The van der Waals surface area contributed by atoms with Crippen molar-refractivity contribution in [1.29, 1.82) is 0 Å². The first kappa shape index (κ1) is 23.0. The lowest BCUT2D eigenvalue weighted by molar-refractivity contribution is 0.669. The summed E-state index contributed by atoms with van der Waals surface area (Å²) in [5.74, 6) is 0. The van der Waals surface area contributed by atoms with Gasteiger partial charge in [-0.2, -0.15) is 0 Å². The Balaban J connectivity index is 1.37. The van der Waals surface area contributed by atoms with Gasteiger partial charge in [0.05, 0.1) is 0 Å². The Kier molecular flexibility index (Phi) is 4.51. The van der Waals surface area contributed by atoms with Crippen molar-refractivity contribution < 1.29 is 4.42 Å². The van der Waals surface area contributed by atoms with Crippen LogP contribution >= 0.6 is 0 Å². The molecule has 8 aromatic carbocycles. The molecule has 0 bridgehead atoms. The van der Waals surface area contributed by atoms with Crippen LogP contribution in [0.3, 0.4) is 0 Å². The maximum Gasteiger partial charge on any atom is 0.136 e. The molecule has 1 aliphatic rings. The van der Waals surface area contributed by atoms with Crippen molar-refractivity contribution in [3.8, 4) is 44.5 Å². The lowest BCUT2D eigenvalue weighted by atomic mass is 9.84. The van der Waals surface area contributed by atoms with Crippen LogP contribution in [-0.4, -0.2) is 0 Å². The van der Waals surface area contributed by atoms with Crippen LogP contribution in [0.25, 0.3) is 98.8 Å². The second-order valence-electron chi connectivity index (χ2n) is 11.6. The van der Waals surface area contributed by atoms with Crippen LogP contribution in [0.2, 0.25) is 0 Å². The maximum absolute atomic E-state index is 6.39. The smallest absolute Gasteiger partial charge is 0.136 e. The summed E-state index contributed by atoms with van der Waals surface area (Å²) in [6.07, 6.45) is 0. The highest BCUT2D eigenvalue weighted by atomic mass is 16.3. The summed E-state index contributed by atoms with van der Waals surface area (Å²) in [4.78, 5) is 0. The fourth-order valence-corrected chi connectivity index (χ4v) is 7.55. The Hall–Kier alpha value is -5.66. The maximum atomic E-state index is 6.39. The van der Waals surface area contributed by atoms with Gasteiger partial charge in [0.25, 0.3) is 0 Å². The molecule has 1 heteroatoms. The molecule has 0 atom stereocenters. The highest BCUT2D eigenvalue weighted by Gasteiger charge is 2.25. The second kappa shape index (κ2) is 8.44. The molecule has 0 radical (unpaired) electrons. The summed E-state index contributed by atoms with van der Waals surface area (Å²) in [7, 11) is 0. The number of fused-ring (bicyclic) bond motifs is 11. The third kappa shape index (κ3) is 3.11. The van der Waals surface area contributed by atoms with Crippen molar-refractivity contribution in [2.45, 2.75) is 0 Å². The number of furan rings is 1. The Morgan fingerprint density at radius 2 is 0.884 bits per heavy atom. The first-order valence-corrected chi connectivity index (χ1v) is 14.9. The second-order valence-corrected chi connectivity index (χ2v) is 11.6. The molecule has 0 N–H and O–H groups in total. The van der Waals surface area contributed by atoms with Crippen LogP contribution in [0.15, 0.2) is 150 Å². The first-order valence-electron chi connectivity index (χ1n) is 14.9. The molecule has 1 aliphatic carbocycles. The zero-order valence-corrected chi connectivity index (χ0v) is 23.3. The molecule has 1 heterocycles. The van der Waals surface area contributed by atoms with Gasteiger partial charge in [-0.05, 0) is 101 Å². The summed E-state index contributed by atoms with van der Waals surface area (Å²) in [6, 6.07) is 53.2. The fraction of sp³-hybridized carbons (Fsp3) is 0. The van der Waals surface area contributed by atoms with E-state index in [1.165, 1.54) is 76.8 Å². The molecule has 43 heavy (non-hydrogen) atoms. The van der Waals surface area contributed by atoms with E-state index in [9.17, 15) is 0 Å². The van der Waals surface area contributed by atoms with E-state index in [0.29, 0.717) is 0 Å². The minimum absolute atomic E-state index is 0.917. The Labute approximate surface area is 248 Å². The van der Waals surface area contributed by atoms with E-state index in [4.69, 9.17) is 4.42 Å². The number of benzene rings is 8. The van der Waals surface area contributed by atoms with Gasteiger partial charge in [-0.1, -0.05) is 121 Å². The molecule has 9 aromatic rings. The molecule has 0 amide bonds. The highest BCUT2D eigenvalue weighted by Crippen LogP contribution is 2.52. The molecule has 10 rings (SSSR count). The van der Waals surface area contributed by atoms with Crippen molar-refractivity contribution in [2.75, 3.05) is 0 Å². The van der Waals surface area contributed by atoms with Gasteiger partial charge in [-0.3, -0.25) is 0 Å². The van der Waals surface area contributed by atoms with E-state index in [-0.39, 0.29) is 0 Å². The third-order valence-corrected chi connectivity index (χ3v) is 9.38. The zero-order valence-electron chi connectivity index (χ0n) is 23.3. The molecule has 0 aliphatic heterocycles. The van der Waals surface area contributed by atoms with Gasteiger partial charge in [-0.15, -0.1) is 0 Å². The predicted molar refractivity (Wildman–Crippen MR) is 182 cm³/mol. The molecule has 0 fully saturated rings. The van der Waals surface area contributed by atoms with E-state index in [0.717, 1.165) is 21.9 Å². The Morgan fingerprint density at radius 3 is 1.67 bits per heavy atom. The molecular formula is C42H24O. The van der Waals surface area contributed by atoms with Crippen molar-refractivity contribution in [3.05, 3.63) is 146 Å². The van der Waals surface area contributed by atoms with Crippen molar-refractivity contribution in [1.82, 2.24) is 0 Å². The number of hydrogen-bond acceptors (Lipinski definition) is 1. The Bertz CT molecular complexity index is 2620. The SMILES string of the molecule is c1ccc2c(c1)-c1ccccc1-c1c3ccccc3c(-c3ccc4oc5cc6ccccc6cc5c4c3)c3cccc-2c13. The molecule has 0 saturated carbocycles. The van der Waals surface area contributed by atoms with E-state index < -0.39 is 0 Å². The molecule has 0 unspecified atom stereocenters. The number of hydrogen-bond donors (Lipinski definition) is 0. The zero-order chi connectivity index (χ0) is 28.1. The monoisotopic (exact) mass is 544 g/mol. The molecule has 1 aromatic heterocycles. The van der Waals surface area contributed by atoms with Gasteiger partial charge in [0.1, 0.15) is 11.2 Å². The summed E-state index contributed by atoms with van der Waals surface area (Å²) in [5.41, 5.74) is 12.1. The van der Waals surface area contributed by atoms with E-state index >= 15 is 0 Å². The van der Waals surface area contributed by atoms with Gasteiger partial charge in [-0.25, -0.2) is 0 Å². The van der Waals surface area contributed by atoms with Crippen molar-refractivity contribution in [3.63, 3.8) is 0 Å². The largest absolute Gasteiger partial charge is 0.456 e. The summed E-state index contributed by atoms with van der Waals surface area (Å²) in [5, 5.41) is 9.86. The topological polar surface area (TPSA) is 13.1 Å². The fourth-order valence-electron chi connectivity index (χ4n) is 7.55. The van der Waals surface area contributed by atoms with Gasteiger partial charge in [0.15, 0.2) is 0 Å². The predicted octanol–water partition coefficient (Wildman–Crippen LogP) is 12.0. The molecule has 1 nitrogen and oxygen atoms in total. The number of rotatable bonds is 1. The molecule has 0 saturated heterocycles. The summed E-state index contributed by atoms with van der Waals surface area (Å²) in [6.45, 7) is 0. The third-order valence-electron chi connectivity index (χ3n) is 9.38. The average Bonchev–Trinajstić information content (AvgIpc) is 3.36. The van der Waals surface area contributed by atoms with Crippen molar-refractivity contribution >= 4 is 54.3 Å². The van der Waals surface area contributed by atoms with Crippen LogP contribution in [-0.2, 0) is 0 Å². The van der Waals surface area contributed by atoms with Gasteiger partial charge in [0, 0.05) is 10.8 Å². The average molecular weight is 545 g/mol. The minimum atomic E-state index is 0.917. The lowest BCUT2D eigenvalue weighted by Gasteiger charge is -2.19. The van der Waals surface area contributed by atoms with Crippen LogP contribution < -0.4 is 0 Å². The minimum Gasteiger partial charge on any atom is -0.456 e. The quantitative estimate of drug-likeness (QED) is 0.187. The summed E-state index contributed by atoms with van der Waals surface area (Å²) >= 11 is 0. The van der Waals surface area contributed by atoms with E-state index in [2.05, 4.69) is 146 Å². The Morgan fingerprint density at radius 1 is 0.326 bits per heavy atom.